The Labute approximate surface area is 198 Å². The lowest BCUT2D eigenvalue weighted by molar-refractivity contribution is -0.137. The fourth-order valence-corrected chi connectivity index (χ4v) is 5.74. The molecule has 0 spiro atoms. The lowest BCUT2D eigenvalue weighted by Crippen LogP contribution is -2.36. The van der Waals surface area contributed by atoms with Crippen molar-refractivity contribution in [2.45, 2.75) is 38.3 Å². The van der Waals surface area contributed by atoms with Crippen molar-refractivity contribution in [3.8, 4) is 6.07 Å². The van der Waals surface area contributed by atoms with Crippen LogP contribution in [0.4, 0.5) is 18.9 Å². The first-order valence-corrected chi connectivity index (χ1v) is 11.7. The number of allylic oxidation sites excluding steroid dienone is 3. The molecule has 0 saturated carbocycles. The third kappa shape index (κ3) is 3.66. The molecule has 1 atom stereocenters. The molecule has 2 aromatic heterocycles. The fourth-order valence-electron chi connectivity index (χ4n) is 4.74. The van der Waals surface area contributed by atoms with Gasteiger partial charge in [-0.1, -0.05) is 0 Å². The minimum atomic E-state index is -4.45. The monoisotopic (exact) mass is 479 g/mol. The van der Waals surface area contributed by atoms with Crippen LogP contribution in [0.2, 0.25) is 0 Å². The molecule has 1 aromatic carbocycles. The molecule has 3 aromatic rings. The largest absolute Gasteiger partial charge is 0.416 e. The van der Waals surface area contributed by atoms with Gasteiger partial charge in [-0.05, 0) is 68.3 Å². The van der Waals surface area contributed by atoms with Gasteiger partial charge in [0.2, 0.25) is 0 Å². The SMILES string of the molecule is Cc1ccc(C2C(C#N)=C(n3cccc3)N(c3ccc(C(F)(F)F)cc3)C3=C2C(=O)CCC3)s1. The molecular weight excluding hydrogens is 459 g/mol. The summed E-state index contributed by atoms with van der Waals surface area (Å²) in [6, 6.07) is 14.8. The first-order valence-electron chi connectivity index (χ1n) is 10.9. The quantitative estimate of drug-likeness (QED) is 0.411. The van der Waals surface area contributed by atoms with Gasteiger partial charge in [0.1, 0.15) is 5.82 Å². The summed E-state index contributed by atoms with van der Waals surface area (Å²) in [4.78, 5) is 17.0. The Kier molecular flexibility index (Phi) is 5.45. The molecule has 1 aliphatic carbocycles. The van der Waals surface area contributed by atoms with E-state index in [2.05, 4.69) is 6.07 Å². The average Bonchev–Trinajstić information content (AvgIpc) is 3.49. The second kappa shape index (κ2) is 8.33. The van der Waals surface area contributed by atoms with E-state index in [0.29, 0.717) is 41.9 Å². The molecule has 0 bridgehead atoms. The molecule has 1 aliphatic heterocycles. The second-order valence-corrected chi connectivity index (χ2v) is 9.66. The van der Waals surface area contributed by atoms with Crippen molar-refractivity contribution in [1.29, 1.82) is 5.26 Å². The summed E-state index contributed by atoms with van der Waals surface area (Å²) in [5, 5.41) is 10.4. The molecule has 0 fully saturated rings. The molecule has 1 unspecified atom stereocenters. The van der Waals surface area contributed by atoms with Crippen LogP contribution in [0.15, 0.2) is 77.8 Å². The maximum atomic E-state index is 13.3. The Morgan fingerprint density at radius 2 is 1.76 bits per heavy atom. The Hall–Kier alpha value is -3.57. The number of aryl methyl sites for hydroxylation is 1. The zero-order chi connectivity index (χ0) is 24.0. The summed E-state index contributed by atoms with van der Waals surface area (Å²) in [5.74, 6) is 0.0138. The van der Waals surface area contributed by atoms with E-state index >= 15 is 0 Å². The van der Waals surface area contributed by atoms with Crippen LogP contribution in [0.3, 0.4) is 0 Å². The van der Waals surface area contributed by atoms with Crippen molar-refractivity contribution in [1.82, 2.24) is 4.57 Å². The van der Waals surface area contributed by atoms with Gasteiger partial charge in [-0.2, -0.15) is 18.4 Å². The van der Waals surface area contributed by atoms with Gasteiger partial charge in [0.05, 0.1) is 23.1 Å². The van der Waals surface area contributed by atoms with Crippen LogP contribution in [-0.2, 0) is 11.0 Å². The fraction of sp³-hybridized carbons (Fsp3) is 0.231. The van der Waals surface area contributed by atoms with Crippen LogP contribution >= 0.6 is 11.3 Å². The number of nitriles is 1. The van der Waals surface area contributed by atoms with Crippen LogP contribution in [-0.4, -0.2) is 10.4 Å². The maximum absolute atomic E-state index is 13.3. The highest BCUT2D eigenvalue weighted by Gasteiger charge is 2.42. The van der Waals surface area contributed by atoms with Crippen molar-refractivity contribution >= 4 is 28.6 Å². The van der Waals surface area contributed by atoms with E-state index in [1.165, 1.54) is 12.1 Å². The Morgan fingerprint density at radius 3 is 2.35 bits per heavy atom. The van der Waals surface area contributed by atoms with E-state index in [9.17, 15) is 23.2 Å². The van der Waals surface area contributed by atoms with Crippen molar-refractivity contribution in [3.05, 3.63) is 93.1 Å². The van der Waals surface area contributed by atoms with E-state index in [4.69, 9.17) is 0 Å². The van der Waals surface area contributed by atoms with E-state index in [0.717, 1.165) is 27.6 Å². The van der Waals surface area contributed by atoms with Gasteiger partial charge in [0, 0.05) is 45.5 Å². The van der Waals surface area contributed by atoms with Crippen LogP contribution in [0, 0.1) is 18.3 Å². The summed E-state index contributed by atoms with van der Waals surface area (Å²) >= 11 is 1.55. The highest BCUT2D eigenvalue weighted by atomic mass is 32.1. The van der Waals surface area contributed by atoms with Gasteiger partial charge in [-0.25, -0.2) is 0 Å². The van der Waals surface area contributed by atoms with E-state index in [1.54, 1.807) is 33.2 Å². The number of Topliss-reactive ketones (excluding diaryl/α,β-unsaturated/α-hetero) is 1. The number of anilines is 1. The molecule has 0 N–H and O–H groups in total. The van der Waals surface area contributed by atoms with Gasteiger partial charge in [-0.15, -0.1) is 11.3 Å². The standard InChI is InChI=1S/C26H20F3N3OS/c1-16-7-12-22(34-16)23-19(15-30)25(31-13-2-3-14-31)32(20-5-4-6-21(33)24(20)23)18-10-8-17(9-11-18)26(27,28)29/h2-3,7-14,23H,4-6H2,1H3. The number of rotatable bonds is 3. The molecule has 8 heteroatoms. The molecule has 0 amide bonds. The van der Waals surface area contributed by atoms with Crippen LogP contribution in [0.1, 0.15) is 40.5 Å². The molecule has 34 heavy (non-hydrogen) atoms. The molecule has 2 aliphatic rings. The average molecular weight is 480 g/mol. The van der Waals surface area contributed by atoms with Crippen LogP contribution < -0.4 is 4.90 Å². The zero-order valence-electron chi connectivity index (χ0n) is 18.3. The number of alkyl halides is 3. The molecule has 172 valence electrons. The smallest absolute Gasteiger partial charge is 0.309 e. The van der Waals surface area contributed by atoms with Crippen LogP contribution in [0.25, 0.3) is 5.82 Å². The predicted octanol–water partition coefficient (Wildman–Crippen LogP) is 6.88. The van der Waals surface area contributed by atoms with Gasteiger partial charge in [0.25, 0.3) is 0 Å². The van der Waals surface area contributed by atoms with E-state index < -0.39 is 17.7 Å². The summed E-state index contributed by atoms with van der Waals surface area (Å²) in [6.45, 7) is 1.98. The lowest BCUT2D eigenvalue weighted by atomic mass is 9.78. The Morgan fingerprint density at radius 1 is 1.06 bits per heavy atom. The summed E-state index contributed by atoms with van der Waals surface area (Å²) in [7, 11) is 0. The third-order valence-corrected chi connectivity index (χ3v) is 7.26. The molecule has 5 rings (SSSR count). The molecule has 0 radical (unpaired) electrons. The lowest BCUT2D eigenvalue weighted by Gasteiger charge is -2.41. The minimum absolute atomic E-state index is 0.0199. The van der Waals surface area contributed by atoms with Crippen molar-refractivity contribution in [2.24, 2.45) is 0 Å². The Balaban J connectivity index is 1.79. The third-order valence-electron chi connectivity index (χ3n) is 6.20. The highest BCUT2D eigenvalue weighted by Crippen LogP contribution is 2.50. The number of benzene rings is 1. The first-order chi connectivity index (χ1) is 16.3. The number of carbonyl (C=O) groups excluding carboxylic acids is 1. The summed E-state index contributed by atoms with van der Waals surface area (Å²) in [6.07, 6.45) is 0.772. The molecule has 4 nitrogen and oxygen atoms in total. The minimum Gasteiger partial charge on any atom is -0.309 e. The summed E-state index contributed by atoms with van der Waals surface area (Å²) in [5.41, 5.74) is 1.44. The number of carbonyl (C=O) groups is 1. The highest BCUT2D eigenvalue weighted by molar-refractivity contribution is 7.12. The maximum Gasteiger partial charge on any atom is 0.416 e. The first kappa shape index (κ1) is 22.2. The van der Waals surface area contributed by atoms with Crippen molar-refractivity contribution < 1.29 is 18.0 Å². The molecule has 3 heterocycles. The predicted molar refractivity (Wildman–Crippen MR) is 125 cm³/mol. The second-order valence-electron chi connectivity index (χ2n) is 8.34. The number of hydrogen-bond acceptors (Lipinski definition) is 4. The van der Waals surface area contributed by atoms with E-state index in [-0.39, 0.29) is 5.78 Å². The number of aromatic nitrogens is 1. The molecular formula is C26H20F3N3OS. The zero-order valence-corrected chi connectivity index (χ0v) is 19.1. The van der Waals surface area contributed by atoms with E-state index in [1.807, 2.05) is 31.2 Å². The van der Waals surface area contributed by atoms with Gasteiger partial charge in [-0.3, -0.25) is 9.69 Å². The number of halogens is 3. The Bertz CT molecular complexity index is 1360. The number of thiophene rings is 1. The van der Waals surface area contributed by atoms with Crippen molar-refractivity contribution in [2.75, 3.05) is 4.90 Å². The molecule has 0 saturated heterocycles. The van der Waals surface area contributed by atoms with Gasteiger partial charge >= 0.3 is 6.18 Å². The topological polar surface area (TPSA) is 49.0 Å². The van der Waals surface area contributed by atoms with Gasteiger partial charge < -0.3 is 4.57 Å². The normalized spacial score (nSPS) is 18.9. The summed E-state index contributed by atoms with van der Waals surface area (Å²) < 4.78 is 41.4. The van der Waals surface area contributed by atoms with Gasteiger partial charge in [0.15, 0.2) is 5.78 Å². The number of ketones is 1. The van der Waals surface area contributed by atoms with Crippen molar-refractivity contribution in [3.63, 3.8) is 0 Å². The number of hydrogen-bond donors (Lipinski definition) is 0. The number of nitrogens with zero attached hydrogens (tertiary/aromatic N) is 3. The van der Waals surface area contributed by atoms with Crippen LogP contribution in [0.5, 0.6) is 0 Å².